The van der Waals surface area contributed by atoms with Gasteiger partial charge in [0.05, 0.1) is 25.5 Å². The maximum absolute atomic E-state index is 11.8. The van der Waals surface area contributed by atoms with Crippen LogP contribution in [0.25, 0.3) is 11.4 Å². The van der Waals surface area contributed by atoms with Crippen molar-refractivity contribution in [1.82, 2.24) is 15.3 Å². The standard InChI is InChI=1S/C16H15N3O6/c1-9-6-13(24-18-9)16(20)23-8-14-17-15(19-25-14)11-5-4-10(21-2)7-12(11)22-3/h4-7H,8H2,1-3H3. The third-order valence-electron chi connectivity index (χ3n) is 3.27. The van der Waals surface area contributed by atoms with Crippen molar-refractivity contribution in [2.75, 3.05) is 14.2 Å². The quantitative estimate of drug-likeness (QED) is 0.622. The van der Waals surface area contributed by atoms with E-state index in [9.17, 15) is 4.79 Å². The van der Waals surface area contributed by atoms with Crippen LogP contribution in [0.15, 0.2) is 33.3 Å². The van der Waals surface area contributed by atoms with Crippen molar-refractivity contribution < 1.29 is 28.1 Å². The van der Waals surface area contributed by atoms with Crippen LogP contribution in [0.4, 0.5) is 0 Å². The first-order valence-corrected chi connectivity index (χ1v) is 7.26. The van der Waals surface area contributed by atoms with Gasteiger partial charge in [-0.2, -0.15) is 4.98 Å². The predicted molar refractivity (Wildman–Crippen MR) is 83.2 cm³/mol. The number of ether oxygens (including phenoxy) is 3. The lowest BCUT2D eigenvalue weighted by Gasteiger charge is -2.07. The van der Waals surface area contributed by atoms with E-state index >= 15 is 0 Å². The van der Waals surface area contributed by atoms with Crippen LogP contribution in [-0.4, -0.2) is 35.5 Å². The first-order chi connectivity index (χ1) is 12.1. The fraction of sp³-hybridized carbons (Fsp3) is 0.250. The summed E-state index contributed by atoms with van der Waals surface area (Å²) >= 11 is 0. The molecule has 0 saturated carbocycles. The lowest BCUT2D eigenvalue weighted by molar-refractivity contribution is 0.0383. The smallest absolute Gasteiger partial charge is 0.377 e. The van der Waals surface area contributed by atoms with Crippen molar-refractivity contribution >= 4 is 5.97 Å². The Morgan fingerprint density at radius 2 is 1.96 bits per heavy atom. The molecule has 0 bridgehead atoms. The second kappa shape index (κ2) is 7.04. The Morgan fingerprint density at radius 1 is 1.12 bits per heavy atom. The highest BCUT2D eigenvalue weighted by Gasteiger charge is 2.17. The summed E-state index contributed by atoms with van der Waals surface area (Å²) in [4.78, 5) is 16.0. The molecule has 0 saturated heterocycles. The lowest BCUT2D eigenvalue weighted by atomic mass is 10.2. The number of carbonyl (C=O) groups is 1. The molecule has 0 N–H and O–H groups in total. The Kier molecular flexibility index (Phi) is 4.64. The van der Waals surface area contributed by atoms with E-state index in [1.165, 1.54) is 13.2 Å². The number of esters is 1. The van der Waals surface area contributed by atoms with Crippen LogP contribution in [0.2, 0.25) is 0 Å². The highest BCUT2D eigenvalue weighted by Crippen LogP contribution is 2.31. The number of aryl methyl sites for hydroxylation is 1. The number of hydrogen-bond donors (Lipinski definition) is 0. The first kappa shape index (κ1) is 16.5. The molecule has 9 heteroatoms. The molecular formula is C16H15N3O6. The molecule has 0 atom stereocenters. The van der Waals surface area contributed by atoms with Crippen LogP contribution in [0.1, 0.15) is 22.1 Å². The summed E-state index contributed by atoms with van der Waals surface area (Å²) in [6.07, 6.45) is 0. The van der Waals surface area contributed by atoms with Gasteiger partial charge >= 0.3 is 5.97 Å². The Morgan fingerprint density at radius 3 is 2.64 bits per heavy atom. The largest absolute Gasteiger partial charge is 0.497 e. The SMILES string of the molecule is COc1ccc(-c2noc(COC(=O)c3cc(C)no3)n2)c(OC)c1. The molecule has 3 rings (SSSR count). The normalized spacial score (nSPS) is 10.5. The zero-order valence-electron chi connectivity index (χ0n) is 13.8. The van der Waals surface area contributed by atoms with Gasteiger partial charge in [-0.05, 0) is 19.1 Å². The number of nitrogens with zero attached hydrogens (tertiary/aromatic N) is 3. The Bertz CT molecular complexity index is 886. The Hall–Kier alpha value is -3.36. The molecule has 130 valence electrons. The molecule has 0 aliphatic carbocycles. The van der Waals surface area contributed by atoms with Crippen LogP contribution in [0.3, 0.4) is 0 Å². The van der Waals surface area contributed by atoms with E-state index in [1.54, 1.807) is 32.2 Å². The molecule has 25 heavy (non-hydrogen) atoms. The third-order valence-corrected chi connectivity index (χ3v) is 3.27. The van der Waals surface area contributed by atoms with Crippen molar-refractivity contribution in [3.63, 3.8) is 0 Å². The van der Waals surface area contributed by atoms with Crippen LogP contribution in [-0.2, 0) is 11.3 Å². The zero-order valence-corrected chi connectivity index (χ0v) is 13.8. The average molecular weight is 345 g/mol. The summed E-state index contributed by atoms with van der Waals surface area (Å²) in [5, 5.41) is 7.49. The topological polar surface area (TPSA) is 110 Å². The van der Waals surface area contributed by atoms with Gasteiger partial charge < -0.3 is 23.3 Å². The second-order valence-electron chi connectivity index (χ2n) is 4.99. The Balaban J connectivity index is 1.71. The van der Waals surface area contributed by atoms with E-state index in [1.807, 2.05) is 0 Å². The summed E-state index contributed by atoms with van der Waals surface area (Å²) in [6, 6.07) is 6.68. The summed E-state index contributed by atoms with van der Waals surface area (Å²) < 4.78 is 25.4. The summed E-state index contributed by atoms with van der Waals surface area (Å²) in [6.45, 7) is 1.51. The highest BCUT2D eigenvalue weighted by molar-refractivity contribution is 5.86. The van der Waals surface area contributed by atoms with E-state index in [4.69, 9.17) is 23.3 Å². The van der Waals surface area contributed by atoms with Crippen LogP contribution in [0, 0.1) is 6.92 Å². The molecule has 0 aliphatic heterocycles. The van der Waals surface area contributed by atoms with Gasteiger partial charge in [0.15, 0.2) is 6.61 Å². The predicted octanol–water partition coefficient (Wildman–Crippen LogP) is 2.41. The van der Waals surface area contributed by atoms with Gasteiger partial charge in [-0.15, -0.1) is 0 Å². The van der Waals surface area contributed by atoms with E-state index in [2.05, 4.69) is 15.3 Å². The molecule has 0 amide bonds. The van der Waals surface area contributed by atoms with E-state index in [-0.39, 0.29) is 18.3 Å². The number of benzene rings is 1. The lowest BCUT2D eigenvalue weighted by Crippen LogP contribution is -2.04. The first-order valence-electron chi connectivity index (χ1n) is 7.26. The molecule has 0 unspecified atom stereocenters. The van der Waals surface area contributed by atoms with E-state index < -0.39 is 5.97 Å². The van der Waals surface area contributed by atoms with Gasteiger partial charge in [0.2, 0.25) is 11.6 Å². The van der Waals surface area contributed by atoms with Crippen molar-refractivity contribution in [3.8, 4) is 22.9 Å². The summed E-state index contributed by atoms with van der Waals surface area (Å²) in [7, 11) is 3.09. The maximum atomic E-state index is 11.8. The van der Waals surface area contributed by atoms with E-state index in [0.717, 1.165) is 0 Å². The zero-order chi connectivity index (χ0) is 17.8. The van der Waals surface area contributed by atoms with E-state index in [0.29, 0.717) is 28.6 Å². The van der Waals surface area contributed by atoms with Gasteiger partial charge in [-0.3, -0.25) is 0 Å². The minimum absolute atomic E-state index is 0.00839. The minimum atomic E-state index is -0.664. The summed E-state index contributed by atoms with van der Waals surface area (Å²) in [5.41, 5.74) is 1.20. The highest BCUT2D eigenvalue weighted by atomic mass is 16.6. The fourth-order valence-electron chi connectivity index (χ4n) is 2.06. The molecular weight excluding hydrogens is 330 g/mol. The van der Waals surface area contributed by atoms with Crippen molar-refractivity contribution in [1.29, 1.82) is 0 Å². The average Bonchev–Trinajstić information content (AvgIpc) is 3.28. The molecule has 1 aromatic carbocycles. The third kappa shape index (κ3) is 3.60. The van der Waals surface area contributed by atoms with Crippen LogP contribution < -0.4 is 9.47 Å². The molecule has 0 spiro atoms. The molecule has 0 aliphatic rings. The molecule has 9 nitrogen and oxygen atoms in total. The van der Waals surface area contributed by atoms with Gasteiger partial charge in [0.25, 0.3) is 5.89 Å². The molecule has 3 aromatic rings. The van der Waals surface area contributed by atoms with Crippen LogP contribution >= 0.6 is 0 Å². The van der Waals surface area contributed by atoms with Crippen molar-refractivity contribution in [3.05, 3.63) is 41.6 Å². The number of rotatable bonds is 6. The van der Waals surface area contributed by atoms with Crippen molar-refractivity contribution in [2.24, 2.45) is 0 Å². The Labute approximate surface area is 142 Å². The van der Waals surface area contributed by atoms with Gasteiger partial charge in [-0.25, -0.2) is 4.79 Å². The van der Waals surface area contributed by atoms with Gasteiger partial charge in [0, 0.05) is 12.1 Å². The summed E-state index contributed by atoms with van der Waals surface area (Å²) in [5.74, 6) is 0.955. The van der Waals surface area contributed by atoms with Gasteiger partial charge in [-0.1, -0.05) is 10.3 Å². The van der Waals surface area contributed by atoms with Crippen LogP contribution in [0.5, 0.6) is 11.5 Å². The maximum Gasteiger partial charge on any atom is 0.377 e. The second-order valence-corrected chi connectivity index (χ2v) is 4.99. The molecule has 0 radical (unpaired) electrons. The fourth-order valence-corrected chi connectivity index (χ4v) is 2.06. The number of hydrogen-bond acceptors (Lipinski definition) is 9. The monoisotopic (exact) mass is 345 g/mol. The number of aromatic nitrogens is 3. The van der Waals surface area contributed by atoms with Crippen molar-refractivity contribution in [2.45, 2.75) is 13.5 Å². The minimum Gasteiger partial charge on any atom is -0.497 e. The molecule has 0 fully saturated rings. The molecule has 2 heterocycles. The number of methoxy groups -OCH3 is 2. The number of carbonyl (C=O) groups excluding carboxylic acids is 1. The molecule has 2 aromatic heterocycles. The van der Waals surface area contributed by atoms with Gasteiger partial charge in [0.1, 0.15) is 11.5 Å².